The van der Waals surface area contributed by atoms with Crippen molar-refractivity contribution in [2.75, 3.05) is 7.11 Å². The molecule has 0 saturated carbocycles. The molecule has 1 aromatic rings. The second-order valence-electron chi connectivity index (χ2n) is 2.51. The van der Waals surface area contributed by atoms with Gasteiger partial charge in [-0.25, -0.2) is 4.79 Å². The van der Waals surface area contributed by atoms with E-state index < -0.39 is 0 Å². The number of unbranched alkanes of at least 4 members (excludes halogenated alkanes) is 1. The van der Waals surface area contributed by atoms with Crippen LogP contribution in [-0.2, 0) is 27.0 Å². The van der Waals surface area contributed by atoms with Crippen LogP contribution >= 0.6 is 0 Å². The first-order chi connectivity index (χ1) is 6.74. The van der Waals surface area contributed by atoms with E-state index in [1.54, 1.807) is 0 Å². The summed E-state index contributed by atoms with van der Waals surface area (Å²) in [5.41, 5.74) is -0.707. The molecule has 1 rings (SSSR count). The van der Waals surface area contributed by atoms with Gasteiger partial charge in [0.2, 0.25) is 0 Å². The SMILES string of the molecule is CO.[CH2-]CCCn1ccc(=O)[nH]c1=O.[Pd]. The third-order valence-corrected chi connectivity index (χ3v) is 1.55. The van der Waals surface area contributed by atoms with E-state index in [-0.39, 0.29) is 31.7 Å². The van der Waals surface area contributed by atoms with Crippen molar-refractivity contribution in [3.8, 4) is 0 Å². The molecule has 15 heavy (non-hydrogen) atoms. The van der Waals surface area contributed by atoms with Crippen LogP contribution in [0.3, 0.4) is 0 Å². The Morgan fingerprint density at radius 3 is 2.53 bits per heavy atom. The van der Waals surface area contributed by atoms with Crippen molar-refractivity contribution in [2.45, 2.75) is 19.4 Å². The first-order valence-corrected chi connectivity index (χ1v) is 4.28. The smallest absolute Gasteiger partial charge is 0.328 e. The molecule has 1 aromatic heterocycles. The summed E-state index contributed by atoms with van der Waals surface area (Å²) >= 11 is 0. The van der Waals surface area contributed by atoms with Gasteiger partial charge in [0, 0.05) is 46.3 Å². The van der Waals surface area contributed by atoms with Crippen LogP contribution in [0.1, 0.15) is 12.8 Å². The standard InChI is InChI=1S/C8H11N2O2.CH4O.Pd/c1-2-3-5-10-6-4-7(11)9-8(10)12;1-2;/h4,6H,1-3,5H2,(H,9,11,12);2H,1H3;/q-1;;. The fourth-order valence-electron chi connectivity index (χ4n) is 0.902. The molecule has 0 aliphatic carbocycles. The molecule has 0 radical (unpaired) electrons. The maximum absolute atomic E-state index is 11.0. The summed E-state index contributed by atoms with van der Waals surface area (Å²) in [5.74, 6) is 0. The van der Waals surface area contributed by atoms with Crippen molar-refractivity contribution in [1.82, 2.24) is 9.55 Å². The number of aryl methyl sites for hydroxylation is 1. The second kappa shape index (κ2) is 9.84. The zero-order chi connectivity index (χ0) is 11.0. The molecule has 0 aliphatic rings. The number of rotatable bonds is 3. The average molecular weight is 306 g/mol. The van der Waals surface area contributed by atoms with Gasteiger partial charge in [0.05, 0.1) is 0 Å². The van der Waals surface area contributed by atoms with Crippen molar-refractivity contribution in [3.05, 3.63) is 40.0 Å². The normalized spacial score (nSPS) is 8.47. The van der Waals surface area contributed by atoms with E-state index in [9.17, 15) is 9.59 Å². The molecule has 0 bridgehead atoms. The van der Waals surface area contributed by atoms with E-state index >= 15 is 0 Å². The minimum Gasteiger partial charge on any atom is -0.400 e. The third-order valence-electron chi connectivity index (χ3n) is 1.55. The number of nitrogens with one attached hydrogen (secondary N) is 1. The van der Waals surface area contributed by atoms with E-state index in [0.717, 1.165) is 20.0 Å². The van der Waals surface area contributed by atoms with Gasteiger partial charge in [-0.3, -0.25) is 9.78 Å². The van der Waals surface area contributed by atoms with Crippen LogP contribution in [0.2, 0.25) is 0 Å². The monoisotopic (exact) mass is 305 g/mol. The summed E-state index contributed by atoms with van der Waals surface area (Å²) in [6.07, 6.45) is 3.12. The van der Waals surface area contributed by atoms with Crippen LogP contribution < -0.4 is 11.2 Å². The molecular weight excluding hydrogens is 291 g/mol. The Kier molecular flexibility index (Phi) is 11.0. The largest absolute Gasteiger partial charge is 0.400 e. The Hall–Kier alpha value is -0.698. The summed E-state index contributed by atoms with van der Waals surface area (Å²) < 4.78 is 1.46. The molecule has 90 valence electrons. The number of aromatic nitrogens is 2. The molecule has 0 aliphatic heterocycles. The van der Waals surface area contributed by atoms with E-state index in [1.165, 1.54) is 16.8 Å². The van der Waals surface area contributed by atoms with Crippen molar-refractivity contribution >= 4 is 0 Å². The number of aliphatic hydroxyl groups is 1. The van der Waals surface area contributed by atoms with Gasteiger partial charge in [-0.15, -0.1) is 0 Å². The first-order valence-electron chi connectivity index (χ1n) is 4.28. The predicted octanol–water partition coefficient (Wildman–Crippen LogP) is -0.243. The molecule has 0 aromatic carbocycles. The summed E-state index contributed by atoms with van der Waals surface area (Å²) in [6.45, 7) is 4.27. The van der Waals surface area contributed by atoms with E-state index in [1.807, 2.05) is 0 Å². The number of nitrogens with zero attached hydrogens (tertiary/aromatic N) is 1. The molecule has 5 nitrogen and oxygen atoms in total. The van der Waals surface area contributed by atoms with Crippen LogP contribution in [0.5, 0.6) is 0 Å². The van der Waals surface area contributed by atoms with Gasteiger partial charge in [0.25, 0.3) is 5.56 Å². The summed E-state index contributed by atoms with van der Waals surface area (Å²) in [7, 11) is 1.00. The average Bonchev–Trinajstić information content (AvgIpc) is 2.20. The third kappa shape index (κ3) is 6.39. The number of aliphatic hydroxyl groups excluding tert-OH is 1. The maximum atomic E-state index is 11.0. The number of aromatic amines is 1. The quantitative estimate of drug-likeness (QED) is 0.598. The van der Waals surface area contributed by atoms with Crippen molar-refractivity contribution in [3.63, 3.8) is 0 Å². The van der Waals surface area contributed by atoms with Crippen molar-refractivity contribution in [1.29, 1.82) is 0 Å². The molecule has 6 heteroatoms. The Labute approximate surface area is 102 Å². The second-order valence-corrected chi connectivity index (χ2v) is 2.51. The van der Waals surface area contributed by atoms with Crippen LogP contribution in [-0.4, -0.2) is 21.8 Å². The summed E-state index contributed by atoms with van der Waals surface area (Å²) in [6, 6.07) is 1.34. The topological polar surface area (TPSA) is 75.1 Å². The van der Waals surface area contributed by atoms with Gasteiger partial charge in [-0.1, -0.05) is 6.42 Å². The molecule has 0 amide bonds. The van der Waals surface area contributed by atoms with Crippen molar-refractivity contribution in [2.24, 2.45) is 0 Å². The molecular formula is C9H15N2O3Pd-. The first kappa shape index (κ1) is 16.7. The van der Waals surface area contributed by atoms with E-state index in [4.69, 9.17) is 5.11 Å². The van der Waals surface area contributed by atoms with Gasteiger partial charge in [-0.05, 0) is 0 Å². The zero-order valence-electron chi connectivity index (χ0n) is 8.51. The van der Waals surface area contributed by atoms with Crippen LogP contribution in [0.4, 0.5) is 0 Å². The number of hydrogen-bond donors (Lipinski definition) is 2. The Balaban J connectivity index is 0. The molecule has 2 N–H and O–H groups in total. The van der Waals surface area contributed by atoms with Gasteiger partial charge in [0.1, 0.15) is 0 Å². The molecule has 0 unspecified atom stereocenters. The fraction of sp³-hybridized carbons (Fsp3) is 0.444. The summed E-state index contributed by atoms with van der Waals surface area (Å²) in [4.78, 5) is 23.8. The van der Waals surface area contributed by atoms with Gasteiger partial charge in [0.15, 0.2) is 0 Å². The number of hydrogen-bond acceptors (Lipinski definition) is 3. The zero-order valence-corrected chi connectivity index (χ0v) is 10.1. The molecule has 0 atom stereocenters. The number of H-pyrrole nitrogens is 1. The van der Waals surface area contributed by atoms with E-state index in [0.29, 0.717) is 6.54 Å². The Morgan fingerprint density at radius 2 is 2.07 bits per heavy atom. The van der Waals surface area contributed by atoms with Crippen LogP contribution in [0.15, 0.2) is 21.9 Å². The minimum atomic E-state index is -0.356. The molecule has 1 heterocycles. The van der Waals surface area contributed by atoms with Crippen LogP contribution in [0.25, 0.3) is 0 Å². The summed E-state index contributed by atoms with van der Waals surface area (Å²) in [5, 5.41) is 7.00. The van der Waals surface area contributed by atoms with Gasteiger partial charge >= 0.3 is 5.69 Å². The van der Waals surface area contributed by atoms with Crippen LogP contribution in [0, 0.1) is 6.92 Å². The van der Waals surface area contributed by atoms with Gasteiger partial charge < -0.3 is 16.6 Å². The van der Waals surface area contributed by atoms with Crippen molar-refractivity contribution < 1.29 is 25.5 Å². The Morgan fingerprint density at radius 1 is 1.47 bits per heavy atom. The minimum absolute atomic E-state index is 0. The molecule has 0 spiro atoms. The Bertz CT molecular complexity index is 359. The fourth-order valence-corrected chi connectivity index (χ4v) is 0.902. The molecule has 0 saturated heterocycles. The molecule has 0 fully saturated rings. The maximum Gasteiger partial charge on any atom is 0.328 e. The van der Waals surface area contributed by atoms with E-state index in [2.05, 4.69) is 11.9 Å². The predicted molar refractivity (Wildman–Crippen MR) is 54.1 cm³/mol. The van der Waals surface area contributed by atoms with Gasteiger partial charge in [-0.2, -0.15) is 6.42 Å².